The van der Waals surface area contributed by atoms with Crippen molar-refractivity contribution in [1.82, 2.24) is 15.5 Å². The van der Waals surface area contributed by atoms with E-state index >= 15 is 0 Å². The molecule has 2 atom stereocenters. The first-order valence-electron chi connectivity index (χ1n) is 8.18. The van der Waals surface area contributed by atoms with E-state index in [1.165, 1.54) is 12.1 Å². The Morgan fingerprint density at radius 3 is 2.88 bits per heavy atom. The fraction of sp³-hybridized carbons (Fsp3) is 0.471. The van der Waals surface area contributed by atoms with Gasteiger partial charge in [-0.25, -0.2) is 9.18 Å². The maximum atomic E-state index is 13.3. The summed E-state index contributed by atoms with van der Waals surface area (Å²) in [6, 6.07) is 5.36. The van der Waals surface area contributed by atoms with E-state index in [0.717, 1.165) is 18.4 Å². The molecule has 0 aliphatic carbocycles. The van der Waals surface area contributed by atoms with Gasteiger partial charge in [-0.3, -0.25) is 14.9 Å². The normalized spacial score (nSPS) is 23.3. The summed E-state index contributed by atoms with van der Waals surface area (Å²) < 4.78 is 13.3. The minimum Gasteiger partial charge on any atom is -0.339 e. The van der Waals surface area contributed by atoms with Crippen LogP contribution in [0.15, 0.2) is 24.3 Å². The fourth-order valence-electron chi connectivity index (χ4n) is 3.39. The van der Waals surface area contributed by atoms with Gasteiger partial charge in [0.1, 0.15) is 11.9 Å². The van der Waals surface area contributed by atoms with E-state index in [2.05, 4.69) is 10.6 Å². The first-order chi connectivity index (χ1) is 11.5. The highest BCUT2D eigenvalue weighted by molar-refractivity contribution is 6.04. The number of hydrogen-bond acceptors (Lipinski definition) is 3. The Balaban J connectivity index is 1.55. The van der Waals surface area contributed by atoms with Crippen LogP contribution in [-0.4, -0.2) is 41.4 Å². The third-order valence-corrected chi connectivity index (χ3v) is 4.56. The average molecular weight is 333 g/mol. The zero-order chi connectivity index (χ0) is 17.1. The molecule has 0 saturated carbocycles. The Labute approximate surface area is 139 Å². The lowest BCUT2D eigenvalue weighted by Gasteiger charge is -2.25. The SMILES string of the molecule is O=C1NC(=O)[C@@H](CCC(=O)N2CCC[C@@H]2Cc2cccc(F)c2)N1. The van der Waals surface area contributed by atoms with Crippen molar-refractivity contribution in [3.63, 3.8) is 0 Å². The van der Waals surface area contributed by atoms with Crippen molar-refractivity contribution in [2.75, 3.05) is 6.54 Å². The van der Waals surface area contributed by atoms with Crippen LogP contribution in [0.25, 0.3) is 0 Å². The summed E-state index contributed by atoms with van der Waals surface area (Å²) in [4.78, 5) is 36.9. The van der Waals surface area contributed by atoms with E-state index in [1.807, 2.05) is 11.0 Å². The lowest BCUT2D eigenvalue weighted by atomic mass is 10.0. The van der Waals surface area contributed by atoms with Crippen molar-refractivity contribution in [2.24, 2.45) is 0 Å². The van der Waals surface area contributed by atoms with Gasteiger partial charge in [-0.05, 0) is 43.4 Å². The molecular formula is C17H20FN3O3. The minimum absolute atomic E-state index is 0.0251. The second-order valence-corrected chi connectivity index (χ2v) is 6.27. The highest BCUT2D eigenvalue weighted by atomic mass is 19.1. The Morgan fingerprint density at radius 1 is 1.33 bits per heavy atom. The van der Waals surface area contributed by atoms with Crippen LogP contribution in [0.3, 0.4) is 0 Å². The standard InChI is InChI=1S/C17H20FN3O3/c18-12-4-1-3-11(9-12)10-13-5-2-8-21(13)15(22)7-6-14-16(23)20-17(24)19-14/h1,3-4,9,13-14H,2,5-8,10H2,(H2,19,20,23,24)/t13-,14-/m1/s1. The van der Waals surface area contributed by atoms with Crippen LogP contribution in [-0.2, 0) is 16.0 Å². The Hall–Kier alpha value is -2.44. The van der Waals surface area contributed by atoms with Crippen molar-refractivity contribution in [1.29, 1.82) is 0 Å². The molecule has 24 heavy (non-hydrogen) atoms. The van der Waals surface area contributed by atoms with E-state index in [0.29, 0.717) is 19.4 Å². The van der Waals surface area contributed by atoms with Gasteiger partial charge in [-0.2, -0.15) is 0 Å². The number of carbonyl (C=O) groups excluding carboxylic acids is 3. The van der Waals surface area contributed by atoms with Crippen molar-refractivity contribution in [3.8, 4) is 0 Å². The van der Waals surface area contributed by atoms with Crippen molar-refractivity contribution in [3.05, 3.63) is 35.6 Å². The van der Waals surface area contributed by atoms with E-state index in [-0.39, 0.29) is 30.1 Å². The molecule has 1 aromatic rings. The molecule has 2 heterocycles. The predicted octanol–water partition coefficient (Wildman–Crippen LogP) is 1.35. The third kappa shape index (κ3) is 3.72. The average Bonchev–Trinajstić information content (AvgIpc) is 3.11. The van der Waals surface area contributed by atoms with Gasteiger partial charge in [0, 0.05) is 19.0 Å². The summed E-state index contributed by atoms with van der Waals surface area (Å²) in [6.07, 6.45) is 2.94. The topological polar surface area (TPSA) is 78.5 Å². The van der Waals surface area contributed by atoms with Crippen LogP contribution in [0.5, 0.6) is 0 Å². The number of imide groups is 1. The van der Waals surface area contributed by atoms with Crippen molar-refractivity contribution < 1.29 is 18.8 Å². The predicted molar refractivity (Wildman–Crippen MR) is 84.5 cm³/mol. The van der Waals surface area contributed by atoms with Crippen LogP contribution >= 0.6 is 0 Å². The number of urea groups is 1. The lowest BCUT2D eigenvalue weighted by molar-refractivity contribution is -0.132. The van der Waals surface area contributed by atoms with Crippen molar-refractivity contribution >= 4 is 17.8 Å². The largest absolute Gasteiger partial charge is 0.339 e. The van der Waals surface area contributed by atoms with Crippen LogP contribution < -0.4 is 10.6 Å². The van der Waals surface area contributed by atoms with Gasteiger partial charge in [0.15, 0.2) is 0 Å². The smallest absolute Gasteiger partial charge is 0.322 e. The molecule has 0 unspecified atom stereocenters. The second kappa shape index (κ2) is 6.98. The number of amides is 4. The molecule has 128 valence electrons. The van der Waals surface area contributed by atoms with Gasteiger partial charge in [0.25, 0.3) is 5.91 Å². The third-order valence-electron chi connectivity index (χ3n) is 4.56. The van der Waals surface area contributed by atoms with Gasteiger partial charge in [-0.15, -0.1) is 0 Å². The summed E-state index contributed by atoms with van der Waals surface area (Å²) in [5.74, 6) is -0.681. The number of hydrogen-bond donors (Lipinski definition) is 2. The zero-order valence-electron chi connectivity index (χ0n) is 13.3. The van der Waals surface area contributed by atoms with Gasteiger partial charge >= 0.3 is 6.03 Å². The molecule has 2 aliphatic heterocycles. The molecule has 0 aromatic heterocycles. The van der Waals surface area contributed by atoms with Crippen LogP contribution in [0.2, 0.25) is 0 Å². The first-order valence-corrected chi connectivity index (χ1v) is 8.18. The molecule has 7 heteroatoms. The van der Waals surface area contributed by atoms with E-state index in [4.69, 9.17) is 0 Å². The quantitative estimate of drug-likeness (QED) is 0.799. The molecule has 6 nitrogen and oxygen atoms in total. The monoisotopic (exact) mass is 333 g/mol. The summed E-state index contributed by atoms with van der Waals surface area (Å²) >= 11 is 0. The second-order valence-electron chi connectivity index (χ2n) is 6.27. The molecule has 3 rings (SSSR count). The highest BCUT2D eigenvalue weighted by Crippen LogP contribution is 2.23. The molecule has 2 N–H and O–H groups in total. The number of likely N-dealkylation sites (tertiary alicyclic amines) is 1. The summed E-state index contributed by atoms with van der Waals surface area (Å²) in [5, 5.41) is 4.65. The number of nitrogens with one attached hydrogen (secondary N) is 2. The van der Waals surface area contributed by atoms with E-state index in [9.17, 15) is 18.8 Å². The van der Waals surface area contributed by atoms with Crippen LogP contribution in [0.1, 0.15) is 31.2 Å². The number of carbonyl (C=O) groups is 3. The number of nitrogens with zero attached hydrogens (tertiary/aromatic N) is 1. The first kappa shape index (κ1) is 16.4. The molecule has 2 saturated heterocycles. The minimum atomic E-state index is -0.634. The molecule has 0 bridgehead atoms. The Kier molecular flexibility index (Phi) is 4.78. The maximum Gasteiger partial charge on any atom is 0.322 e. The lowest BCUT2D eigenvalue weighted by Crippen LogP contribution is -2.38. The summed E-state index contributed by atoms with van der Waals surface area (Å²) in [6.45, 7) is 0.683. The molecule has 0 spiro atoms. The van der Waals surface area contributed by atoms with Crippen LogP contribution in [0, 0.1) is 5.82 Å². The summed E-state index contributed by atoms with van der Waals surface area (Å²) in [5.41, 5.74) is 0.877. The number of rotatable bonds is 5. The number of halogens is 1. The molecule has 4 amide bonds. The van der Waals surface area contributed by atoms with E-state index in [1.54, 1.807) is 6.07 Å². The molecule has 1 aromatic carbocycles. The summed E-state index contributed by atoms with van der Waals surface area (Å²) in [7, 11) is 0. The van der Waals surface area contributed by atoms with Gasteiger partial charge in [0.2, 0.25) is 5.91 Å². The van der Waals surface area contributed by atoms with Gasteiger partial charge in [0.05, 0.1) is 0 Å². The zero-order valence-corrected chi connectivity index (χ0v) is 13.3. The molecule has 0 radical (unpaired) electrons. The number of benzene rings is 1. The Bertz CT molecular complexity index is 664. The Morgan fingerprint density at radius 2 is 2.17 bits per heavy atom. The van der Waals surface area contributed by atoms with Crippen molar-refractivity contribution in [2.45, 2.75) is 44.2 Å². The molecule has 2 aliphatic rings. The fourth-order valence-corrected chi connectivity index (χ4v) is 3.39. The van der Waals surface area contributed by atoms with Gasteiger partial charge in [-0.1, -0.05) is 12.1 Å². The van der Waals surface area contributed by atoms with Gasteiger partial charge < -0.3 is 10.2 Å². The highest BCUT2D eigenvalue weighted by Gasteiger charge is 2.32. The molecule has 2 fully saturated rings. The maximum absolute atomic E-state index is 13.3. The van der Waals surface area contributed by atoms with Crippen LogP contribution in [0.4, 0.5) is 9.18 Å². The van der Waals surface area contributed by atoms with E-state index < -0.39 is 12.1 Å². The molecular weight excluding hydrogens is 313 g/mol.